The van der Waals surface area contributed by atoms with Crippen molar-refractivity contribution in [3.8, 4) is 0 Å². The summed E-state index contributed by atoms with van der Waals surface area (Å²) in [6, 6.07) is 5.75. The molecular weight excluding hydrogens is 424 g/mol. The van der Waals surface area contributed by atoms with Crippen LogP contribution in [0.4, 0.5) is 52.7 Å². The van der Waals surface area contributed by atoms with E-state index in [0.717, 1.165) is 12.1 Å². The second-order valence-corrected chi connectivity index (χ2v) is 5.33. The number of allylic oxidation sites excluding steroid dienone is 2. The Morgan fingerprint density at radius 1 is 0.750 bits per heavy atom. The van der Waals surface area contributed by atoms with Crippen molar-refractivity contribution < 1.29 is 57.5 Å². The van der Waals surface area contributed by atoms with Crippen molar-refractivity contribution in [2.45, 2.75) is 36.0 Å². The van der Waals surface area contributed by atoms with Crippen molar-refractivity contribution in [3.63, 3.8) is 0 Å². The molecule has 0 bridgehead atoms. The molecule has 0 aromatic heterocycles. The third kappa shape index (κ3) is 3.70. The highest BCUT2D eigenvalue weighted by Gasteiger charge is 2.87. The van der Waals surface area contributed by atoms with Crippen LogP contribution in [0, 0.1) is 0 Å². The molecule has 0 unspecified atom stereocenters. The molecule has 1 aromatic rings. The lowest BCUT2D eigenvalue weighted by atomic mass is 9.94. The number of hydrogen-bond acceptors (Lipinski definition) is 1. The predicted octanol–water partition coefficient (Wildman–Crippen LogP) is 5.87. The van der Waals surface area contributed by atoms with Gasteiger partial charge in [0.15, 0.2) is 5.78 Å². The Hall–Kier alpha value is -2.21. The molecule has 0 saturated heterocycles. The second-order valence-electron chi connectivity index (χ2n) is 5.33. The second kappa shape index (κ2) is 7.32. The maximum Gasteiger partial charge on any atom is 0.385 e. The monoisotopic (exact) mass is 432 g/mol. The molecule has 0 fully saturated rings. The fourth-order valence-corrected chi connectivity index (χ4v) is 1.74. The number of ketones is 1. The summed E-state index contributed by atoms with van der Waals surface area (Å²) in [6.07, 6.45) is -7.14. The Kier molecular flexibility index (Phi) is 6.23. The number of benzene rings is 1. The molecule has 0 N–H and O–H groups in total. The lowest BCUT2D eigenvalue weighted by Gasteiger charge is -2.38. The lowest BCUT2D eigenvalue weighted by molar-refractivity contribution is -0.406. The van der Waals surface area contributed by atoms with Crippen LogP contribution >= 0.6 is 0 Å². The number of rotatable bonds is 8. The van der Waals surface area contributed by atoms with Gasteiger partial charge in [-0.1, -0.05) is 30.3 Å². The minimum absolute atomic E-state index is 0.372. The van der Waals surface area contributed by atoms with E-state index >= 15 is 0 Å². The quantitative estimate of drug-likeness (QED) is 0.286. The van der Waals surface area contributed by atoms with Crippen LogP contribution in [-0.2, 0) is 0 Å². The molecule has 0 aliphatic carbocycles. The topological polar surface area (TPSA) is 17.1 Å². The van der Waals surface area contributed by atoms with Crippen molar-refractivity contribution in [2.24, 2.45) is 0 Å². The third-order valence-corrected chi connectivity index (χ3v) is 3.40. The van der Waals surface area contributed by atoms with Gasteiger partial charge in [0.1, 0.15) is 0 Å². The molecule has 1 aromatic carbocycles. The van der Waals surface area contributed by atoms with Crippen LogP contribution in [0.25, 0.3) is 0 Å². The molecule has 0 amide bonds. The summed E-state index contributed by atoms with van der Waals surface area (Å²) in [5, 5.41) is 0. The first-order valence-corrected chi connectivity index (χ1v) is 6.89. The molecular formula is C15H8F12O. The van der Waals surface area contributed by atoms with Crippen LogP contribution in [0.3, 0.4) is 0 Å². The van der Waals surface area contributed by atoms with E-state index in [-0.39, 0.29) is 11.6 Å². The van der Waals surface area contributed by atoms with Gasteiger partial charge in [-0.05, 0) is 12.2 Å². The molecule has 1 rings (SSSR count). The van der Waals surface area contributed by atoms with Gasteiger partial charge in [0.25, 0.3) is 0 Å². The van der Waals surface area contributed by atoms with E-state index in [1.54, 1.807) is 0 Å². The van der Waals surface area contributed by atoms with Crippen LogP contribution in [0.5, 0.6) is 0 Å². The standard InChI is InChI=1S/C15H8F12O/c16-10(17)12(20,21)14(24,25)15(26,27)13(22,23)11(18,19)7-6-9(28)8-4-2-1-3-5-8/h1-7,10H. The van der Waals surface area contributed by atoms with Crippen molar-refractivity contribution in [1.29, 1.82) is 0 Å². The van der Waals surface area contributed by atoms with Crippen LogP contribution in [0.2, 0.25) is 0 Å². The van der Waals surface area contributed by atoms with E-state index in [9.17, 15) is 57.5 Å². The fraction of sp³-hybridized carbons (Fsp3) is 0.400. The molecule has 28 heavy (non-hydrogen) atoms. The SMILES string of the molecule is O=C(C=CC(F)(F)C(F)(F)C(F)(F)C(F)(F)C(F)(F)C(F)F)c1ccccc1. The summed E-state index contributed by atoms with van der Waals surface area (Å²) in [7, 11) is 0. The van der Waals surface area contributed by atoms with E-state index in [2.05, 4.69) is 0 Å². The minimum Gasteiger partial charge on any atom is -0.289 e. The lowest BCUT2D eigenvalue weighted by Crippen LogP contribution is -2.68. The molecule has 0 atom stereocenters. The molecule has 0 radical (unpaired) electrons. The molecule has 1 nitrogen and oxygen atoms in total. The Morgan fingerprint density at radius 3 is 1.64 bits per heavy atom. The fourth-order valence-electron chi connectivity index (χ4n) is 1.74. The summed E-state index contributed by atoms with van der Waals surface area (Å²) >= 11 is 0. The summed E-state index contributed by atoms with van der Waals surface area (Å²) in [6.45, 7) is 0. The number of halogens is 12. The number of carbonyl (C=O) groups is 1. The van der Waals surface area contributed by atoms with Gasteiger partial charge in [0, 0.05) is 5.56 Å². The van der Waals surface area contributed by atoms with E-state index in [0.29, 0.717) is 0 Å². The Balaban J connectivity index is 3.30. The van der Waals surface area contributed by atoms with E-state index < -0.39 is 47.9 Å². The highest BCUT2D eigenvalue weighted by atomic mass is 19.4. The van der Waals surface area contributed by atoms with Crippen LogP contribution in [-0.4, -0.2) is 41.8 Å². The van der Waals surface area contributed by atoms with Gasteiger partial charge >= 0.3 is 36.0 Å². The molecule has 0 spiro atoms. The summed E-state index contributed by atoms with van der Waals surface area (Å²) in [5.41, 5.74) is -0.390. The van der Waals surface area contributed by atoms with E-state index in [4.69, 9.17) is 0 Å². The molecule has 0 aliphatic heterocycles. The average molecular weight is 432 g/mol. The normalized spacial score (nSPS) is 14.8. The smallest absolute Gasteiger partial charge is 0.289 e. The molecule has 13 heteroatoms. The van der Waals surface area contributed by atoms with Crippen molar-refractivity contribution in [3.05, 3.63) is 48.0 Å². The maximum absolute atomic E-state index is 13.5. The van der Waals surface area contributed by atoms with E-state index in [1.807, 2.05) is 0 Å². The predicted molar refractivity (Wildman–Crippen MR) is 70.7 cm³/mol. The zero-order valence-corrected chi connectivity index (χ0v) is 13.1. The Morgan fingerprint density at radius 2 is 1.21 bits per heavy atom. The zero-order chi connectivity index (χ0) is 22.2. The molecule has 0 heterocycles. The highest BCUT2D eigenvalue weighted by molar-refractivity contribution is 6.04. The van der Waals surface area contributed by atoms with Crippen molar-refractivity contribution in [2.75, 3.05) is 0 Å². The minimum atomic E-state index is -7.62. The number of carbonyl (C=O) groups excluding carboxylic acids is 1. The molecule has 0 saturated carbocycles. The van der Waals surface area contributed by atoms with Crippen LogP contribution in [0.15, 0.2) is 42.5 Å². The first-order chi connectivity index (χ1) is 12.4. The third-order valence-electron chi connectivity index (χ3n) is 3.40. The van der Waals surface area contributed by atoms with Gasteiger partial charge in [0.2, 0.25) is 0 Å². The van der Waals surface area contributed by atoms with Gasteiger partial charge in [0.05, 0.1) is 0 Å². The number of alkyl halides is 12. The summed E-state index contributed by atoms with van der Waals surface area (Å²) in [4.78, 5) is 11.5. The van der Waals surface area contributed by atoms with Crippen LogP contribution < -0.4 is 0 Å². The maximum atomic E-state index is 13.5. The van der Waals surface area contributed by atoms with Crippen LogP contribution in [0.1, 0.15) is 10.4 Å². The first kappa shape index (κ1) is 23.8. The number of hydrogen-bond donors (Lipinski definition) is 0. The zero-order valence-electron chi connectivity index (χ0n) is 13.1. The Bertz CT molecular complexity index is 724. The van der Waals surface area contributed by atoms with Crippen molar-refractivity contribution in [1.82, 2.24) is 0 Å². The van der Waals surface area contributed by atoms with Gasteiger partial charge < -0.3 is 0 Å². The highest BCUT2D eigenvalue weighted by Crippen LogP contribution is 2.58. The van der Waals surface area contributed by atoms with Gasteiger partial charge in [-0.15, -0.1) is 0 Å². The average Bonchev–Trinajstić information content (AvgIpc) is 2.59. The Labute approximate surface area is 148 Å². The first-order valence-electron chi connectivity index (χ1n) is 6.89. The van der Waals surface area contributed by atoms with Gasteiger partial charge in [-0.25, -0.2) is 8.78 Å². The van der Waals surface area contributed by atoms with Crippen molar-refractivity contribution >= 4 is 5.78 Å². The largest absolute Gasteiger partial charge is 0.385 e. The molecule has 158 valence electrons. The molecule has 0 aliphatic rings. The summed E-state index contributed by atoms with van der Waals surface area (Å²) < 4.78 is 155. The summed E-state index contributed by atoms with van der Waals surface area (Å²) in [5.74, 6) is -37.2. The van der Waals surface area contributed by atoms with Gasteiger partial charge in [-0.3, -0.25) is 4.79 Å². The van der Waals surface area contributed by atoms with E-state index in [1.165, 1.54) is 18.2 Å². The van der Waals surface area contributed by atoms with Gasteiger partial charge in [-0.2, -0.15) is 43.9 Å².